The van der Waals surface area contributed by atoms with Crippen LogP contribution in [0.1, 0.15) is 6.42 Å². The first-order chi connectivity index (χ1) is 10.5. The Balaban J connectivity index is 1.86. The van der Waals surface area contributed by atoms with Gasteiger partial charge in [-0.1, -0.05) is 30.3 Å². The summed E-state index contributed by atoms with van der Waals surface area (Å²) in [5.74, 6) is -0.261. The zero-order valence-electron chi connectivity index (χ0n) is 11.6. The van der Waals surface area contributed by atoms with Gasteiger partial charge < -0.3 is 5.32 Å². The SMILES string of the molecule is O=C(CCNS(=O)(=O)c1ccccc1)Nc1ccccc1Br. The van der Waals surface area contributed by atoms with E-state index < -0.39 is 10.0 Å². The van der Waals surface area contributed by atoms with E-state index in [9.17, 15) is 13.2 Å². The van der Waals surface area contributed by atoms with Gasteiger partial charge in [0.15, 0.2) is 0 Å². The number of nitrogens with one attached hydrogen (secondary N) is 2. The van der Waals surface area contributed by atoms with Gasteiger partial charge in [0.05, 0.1) is 10.6 Å². The van der Waals surface area contributed by atoms with Crippen LogP contribution in [-0.2, 0) is 14.8 Å². The van der Waals surface area contributed by atoms with Gasteiger partial charge >= 0.3 is 0 Å². The van der Waals surface area contributed by atoms with Crippen LogP contribution in [0.5, 0.6) is 0 Å². The third-order valence-corrected chi connectivity index (χ3v) is 5.01. The monoisotopic (exact) mass is 382 g/mol. The number of hydrogen-bond donors (Lipinski definition) is 2. The largest absolute Gasteiger partial charge is 0.325 e. The van der Waals surface area contributed by atoms with Gasteiger partial charge in [0.25, 0.3) is 0 Å². The molecule has 0 aromatic heterocycles. The number of halogens is 1. The van der Waals surface area contributed by atoms with Crippen LogP contribution in [0.2, 0.25) is 0 Å². The van der Waals surface area contributed by atoms with E-state index in [0.717, 1.165) is 4.47 Å². The normalized spacial score (nSPS) is 11.1. The lowest BCUT2D eigenvalue weighted by Crippen LogP contribution is -2.27. The lowest BCUT2D eigenvalue weighted by Gasteiger charge is -2.08. The summed E-state index contributed by atoms with van der Waals surface area (Å²) in [6.45, 7) is 0.0352. The van der Waals surface area contributed by atoms with E-state index >= 15 is 0 Å². The van der Waals surface area contributed by atoms with Crippen LogP contribution in [0.25, 0.3) is 0 Å². The number of rotatable bonds is 6. The van der Waals surface area contributed by atoms with Crippen LogP contribution in [0.15, 0.2) is 64.0 Å². The van der Waals surface area contributed by atoms with Crippen molar-refractivity contribution in [2.75, 3.05) is 11.9 Å². The highest BCUT2D eigenvalue weighted by Gasteiger charge is 2.13. The number of benzene rings is 2. The minimum absolute atomic E-state index is 0.0352. The molecule has 0 saturated carbocycles. The molecule has 0 saturated heterocycles. The number of para-hydroxylation sites is 1. The molecule has 0 atom stereocenters. The lowest BCUT2D eigenvalue weighted by molar-refractivity contribution is -0.116. The smallest absolute Gasteiger partial charge is 0.240 e. The molecule has 0 spiro atoms. The van der Waals surface area contributed by atoms with Gasteiger partial charge in [0.1, 0.15) is 0 Å². The molecule has 5 nitrogen and oxygen atoms in total. The molecule has 0 radical (unpaired) electrons. The first-order valence-corrected chi connectivity index (χ1v) is 8.86. The topological polar surface area (TPSA) is 75.3 Å². The van der Waals surface area contributed by atoms with Gasteiger partial charge in [-0.15, -0.1) is 0 Å². The number of amides is 1. The molecule has 0 heterocycles. The molecule has 0 unspecified atom stereocenters. The van der Waals surface area contributed by atoms with E-state index in [1.807, 2.05) is 12.1 Å². The van der Waals surface area contributed by atoms with Crippen molar-refractivity contribution in [3.8, 4) is 0 Å². The molecule has 0 aliphatic heterocycles. The van der Waals surface area contributed by atoms with Crippen LogP contribution < -0.4 is 10.0 Å². The number of anilines is 1. The average Bonchev–Trinajstić information content (AvgIpc) is 2.50. The van der Waals surface area contributed by atoms with Crippen LogP contribution in [0.3, 0.4) is 0 Å². The second-order valence-corrected chi connectivity index (χ2v) is 7.11. The van der Waals surface area contributed by atoms with Crippen molar-refractivity contribution >= 4 is 37.5 Å². The maximum absolute atomic E-state index is 12.0. The van der Waals surface area contributed by atoms with Crippen molar-refractivity contribution in [2.45, 2.75) is 11.3 Å². The summed E-state index contributed by atoms with van der Waals surface area (Å²) in [7, 11) is -3.58. The van der Waals surface area contributed by atoms with Gasteiger partial charge in [-0.25, -0.2) is 13.1 Å². The number of sulfonamides is 1. The molecule has 2 aromatic carbocycles. The maximum atomic E-state index is 12.0. The van der Waals surface area contributed by atoms with E-state index in [2.05, 4.69) is 26.0 Å². The zero-order valence-corrected chi connectivity index (χ0v) is 14.0. The van der Waals surface area contributed by atoms with Gasteiger partial charge in [-0.05, 0) is 40.2 Å². The van der Waals surface area contributed by atoms with Crippen LogP contribution in [0.4, 0.5) is 5.69 Å². The van der Waals surface area contributed by atoms with E-state index in [0.29, 0.717) is 5.69 Å². The maximum Gasteiger partial charge on any atom is 0.240 e. The van der Waals surface area contributed by atoms with Crippen LogP contribution >= 0.6 is 15.9 Å². The highest BCUT2D eigenvalue weighted by Crippen LogP contribution is 2.21. The summed E-state index contributed by atoms with van der Waals surface area (Å²) >= 11 is 3.33. The number of carbonyl (C=O) groups is 1. The molecule has 0 bridgehead atoms. The molecule has 2 aromatic rings. The standard InChI is InChI=1S/C15H15BrN2O3S/c16-13-8-4-5-9-14(13)18-15(19)10-11-17-22(20,21)12-6-2-1-3-7-12/h1-9,17H,10-11H2,(H,18,19). The van der Waals surface area contributed by atoms with Crippen molar-refractivity contribution in [3.63, 3.8) is 0 Å². The van der Waals surface area contributed by atoms with Crippen LogP contribution in [-0.4, -0.2) is 20.9 Å². The second-order valence-electron chi connectivity index (χ2n) is 4.49. The summed E-state index contributed by atoms with van der Waals surface area (Å²) in [6.07, 6.45) is 0.0490. The van der Waals surface area contributed by atoms with Crippen molar-refractivity contribution in [3.05, 3.63) is 59.1 Å². The minimum atomic E-state index is -3.58. The van der Waals surface area contributed by atoms with Crippen molar-refractivity contribution in [1.82, 2.24) is 4.72 Å². The number of carbonyl (C=O) groups excluding carboxylic acids is 1. The summed E-state index contributed by atoms with van der Waals surface area (Å²) in [5, 5.41) is 2.72. The molecule has 116 valence electrons. The van der Waals surface area contributed by atoms with E-state index in [1.54, 1.807) is 30.3 Å². The quantitative estimate of drug-likeness (QED) is 0.806. The fraction of sp³-hybridized carbons (Fsp3) is 0.133. The molecular weight excluding hydrogens is 368 g/mol. The summed E-state index contributed by atoms with van der Waals surface area (Å²) in [6, 6.07) is 15.3. The Morgan fingerprint density at radius 2 is 1.64 bits per heavy atom. The third-order valence-electron chi connectivity index (χ3n) is 2.85. The first-order valence-electron chi connectivity index (χ1n) is 6.58. The molecule has 1 amide bonds. The Morgan fingerprint density at radius 1 is 1.00 bits per heavy atom. The van der Waals surface area contributed by atoms with Gasteiger partial charge in [-0.2, -0.15) is 0 Å². The van der Waals surface area contributed by atoms with Crippen molar-refractivity contribution < 1.29 is 13.2 Å². The van der Waals surface area contributed by atoms with Gasteiger partial charge in [0, 0.05) is 17.4 Å². The highest BCUT2D eigenvalue weighted by molar-refractivity contribution is 9.10. The second kappa shape index (κ2) is 7.53. The Hall–Kier alpha value is -1.70. The molecule has 2 rings (SSSR count). The average molecular weight is 383 g/mol. The molecule has 0 aliphatic carbocycles. The summed E-state index contributed by atoms with van der Waals surface area (Å²) in [5.41, 5.74) is 0.651. The third kappa shape index (κ3) is 4.66. The molecule has 0 aliphatic rings. The highest BCUT2D eigenvalue weighted by atomic mass is 79.9. The summed E-state index contributed by atoms with van der Waals surface area (Å²) in [4.78, 5) is 12.0. The predicted octanol–water partition coefficient (Wildman–Crippen LogP) is 2.76. The first kappa shape index (κ1) is 16.7. The van der Waals surface area contributed by atoms with E-state index in [4.69, 9.17) is 0 Å². The molecular formula is C15H15BrN2O3S. The summed E-state index contributed by atoms with van der Waals surface area (Å²) < 4.78 is 27.1. The zero-order chi connectivity index (χ0) is 16.0. The Bertz CT molecular complexity index is 748. The Labute approximate surface area is 137 Å². The minimum Gasteiger partial charge on any atom is -0.325 e. The Kier molecular flexibility index (Phi) is 5.70. The van der Waals surface area contributed by atoms with Crippen molar-refractivity contribution in [2.24, 2.45) is 0 Å². The lowest BCUT2D eigenvalue weighted by atomic mass is 10.3. The van der Waals surface area contributed by atoms with Crippen molar-refractivity contribution in [1.29, 1.82) is 0 Å². The molecule has 22 heavy (non-hydrogen) atoms. The number of hydrogen-bond acceptors (Lipinski definition) is 3. The molecule has 0 fully saturated rings. The van der Waals surface area contributed by atoms with E-state index in [1.165, 1.54) is 12.1 Å². The molecule has 2 N–H and O–H groups in total. The fourth-order valence-electron chi connectivity index (χ4n) is 1.76. The van der Waals surface area contributed by atoms with E-state index in [-0.39, 0.29) is 23.8 Å². The molecule has 7 heteroatoms. The predicted molar refractivity (Wildman–Crippen MR) is 89.0 cm³/mol. The van der Waals surface area contributed by atoms with Gasteiger partial charge in [0.2, 0.25) is 15.9 Å². The van der Waals surface area contributed by atoms with Crippen LogP contribution in [0, 0.1) is 0 Å². The fourth-order valence-corrected chi connectivity index (χ4v) is 3.19. The Morgan fingerprint density at radius 3 is 2.32 bits per heavy atom. The van der Waals surface area contributed by atoms with Gasteiger partial charge in [-0.3, -0.25) is 4.79 Å².